The Kier molecular flexibility index (Phi) is 6.15. The Bertz CT molecular complexity index is 615. The van der Waals surface area contributed by atoms with Crippen LogP contribution in [-0.2, 0) is 0 Å². The van der Waals surface area contributed by atoms with Crippen LogP contribution in [0, 0.1) is 6.92 Å². The van der Waals surface area contributed by atoms with Crippen molar-refractivity contribution in [1.29, 1.82) is 0 Å². The quantitative estimate of drug-likeness (QED) is 0.735. The summed E-state index contributed by atoms with van der Waals surface area (Å²) >= 11 is 3.53. The van der Waals surface area contributed by atoms with Gasteiger partial charge < -0.3 is 15.5 Å². The minimum atomic E-state index is 0.743. The Balaban J connectivity index is 2.02. The van der Waals surface area contributed by atoms with E-state index in [1.807, 2.05) is 37.3 Å². The monoisotopic (exact) mass is 363 g/mol. The first-order valence-electron chi connectivity index (χ1n) is 7.30. The molecule has 0 saturated carbocycles. The lowest BCUT2D eigenvalue weighted by Crippen LogP contribution is -2.16. The van der Waals surface area contributed by atoms with E-state index in [0.29, 0.717) is 0 Å². The molecule has 0 unspecified atom stereocenters. The van der Waals surface area contributed by atoms with Crippen molar-refractivity contribution in [2.45, 2.75) is 13.3 Å². The SMILES string of the molecule is Cc1nc(NCCCN(C)C)cc(Nc2ccccc2Br)n1. The molecule has 0 bridgehead atoms. The lowest BCUT2D eigenvalue weighted by Gasteiger charge is -2.12. The van der Waals surface area contributed by atoms with Gasteiger partial charge in [-0.2, -0.15) is 0 Å². The molecule has 0 aliphatic rings. The summed E-state index contributed by atoms with van der Waals surface area (Å²) in [5.41, 5.74) is 0.985. The molecule has 0 amide bonds. The second-order valence-corrected chi connectivity index (χ2v) is 6.23. The number of benzene rings is 1. The fourth-order valence-corrected chi connectivity index (χ4v) is 2.42. The van der Waals surface area contributed by atoms with Gasteiger partial charge in [-0.05, 0) is 62.0 Å². The number of hydrogen-bond acceptors (Lipinski definition) is 5. The molecule has 0 aliphatic heterocycles. The normalized spacial score (nSPS) is 10.8. The molecular weight excluding hydrogens is 342 g/mol. The van der Waals surface area contributed by atoms with Crippen LogP contribution in [0.25, 0.3) is 0 Å². The van der Waals surface area contributed by atoms with E-state index in [4.69, 9.17) is 0 Å². The van der Waals surface area contributed by atoms with Gasteiger partial charge in [0.05, 0.1) is 5.69 Å². The van der Waals surface area contributed by atoms with Gasteiger partial charge in [-0.25, -0.2) is 9.97 Å². The van der Waals surface area contributed by atoms with Crippen molar-refractivity contribution in [2.75, 3.05) is 37.8 Å². The summed E-state index contributed by atoms with van der Waals surface area (Å²) < 4.78 is 1.01. The highest BCUT2D eigenvalue weighted by Gasteiger charge is 2.04. The van der Waals surface area contributed by atoms with Crippen LogP contribution in [0.15, 0.2) is 34.8 Å². The van der Waals surface area contributed by atoms with Gasteiger partial charge in [0.1, 0.15) is 17.5 Å². The summed E-state index contributed by atoms with van der Waals surface area (Å²) in [6.07, 6.45) is 1.07. The highest BCUT2D eigenvalue weighted by Crippen LogP contribution is 2.25. The van der Waals surface area contributed by atoms with Gasteiger partial charge in [0.25, 0.3) is 0 Å². The third-order valence-corrected chi connectivity index (χ3v) is 3.75. The van der Waals surface area contributed by atoms with Crippen LogP contribution < -0.4 is 10.6 Å². The van der Waals surface area contributed by atoms with Gasteiger partial charge in [0.2, 0.25) is 0 Å². The summed E-state index contributed by atoms with van der Waals surface area (Å²) in [6.45, 7) is 3.85. The number of aryl methyl sites for hydroxylation is 1. The Morgan fingerprint density at radius 2 is 1.86 bits per heavy atom. The Morgan fingerprint density at radius 3 is 2.59 bits per heavy atom. The van der Waals surface area contributed by atoms with Crippen LogP contribution in [0.2, 0.25) is 0 Å². The highest BCUT2D eigenvalue weighted by molar-refractivity contribution is 9.10. The summed E-state index contributed by atoms with van der Waals surface area (Å²) in [4.78, 5) is 11.0. The molecule has 5 nitrogen and oxygen atoms in total. The number of halogens is 1. The average molecular weight is 364 g/mol. The van der Waals surface area contributed by atoms with Crippen molar-refractivity contribution in [3.05, 3.63) is 40.6 Å². The minimum absolute atomic E-state index is 0.743. The minimum Gasteiger partial charge on any atom is -0.370 e. The molecule has 118 valence electrons. The fraction of sp³-hybridized carbons (Fsp3) is 0.375. The topological polar surface area (TPSA) is 53.1 Å². The number of hydrogen-bond donors (Lipinski definition) is 2. The first kappa shape index (κ1) is 16.7. The summed E-state index contributed by atoms with van der Waals surface area (Å²) in [5, 5.41) is 6.67. The Morgan fingerprint density at radius 1 is 1.14 bits per heavy atom. The molecule has 1 heterocycles. The van der Waals surface area contributed by atoms with Crippen molar-refractivity contribution < 1.29 is 0 Å². The van der Waals surface area contributed by atoms with Crippen LogP contribution in [0.3, 0.4) is 0 Å². The van der Waals surface area contributed by atoms with E-state index in [1.165, 1.54) is 0 Å². The van der Waals surface area contributed by atoms with Crippen molar-refractivity contribution in [3.63, 3.8) is 0 Å². The zero-order valence-electron chi connectivity index (χ0n) is 13.2. The lowest BCUT2D eigenvalue weighted by molar-refractivity contribution is 0.405. The molecule has 6 heteroatoms. The zero-order valence-corrected chi connectivity index (χ0v) is 14.8. The number of nitrogens with one attached hydrogen (secondary N) is 2. The molecule has 2 rings (SSSR count). The molecule has 0 atom stereocenters. The predicted molar refractivity (Wildman–Crippen MR) is 95.9 cm³/mol. The second-order valence-electron chi connectivity index (χ2n) is 5.37. The number of rotatable bonds is 7. The van der Waals surface area contributed by atoms with Gasteiger partial charge in [-0.15, -0.1) is 0 Å². The third kappa shape index (κ3) is 5.27. The highest BCUT2D eigenvalue weighted by atomic mass is 79.9. The number of aromatic nitrogens is 2. The van der Waals surface area contributed by atoms with Crippen LogP contribution in [0.1, 0.15) is 12.2 Å². The predicted octanol–water partition coefficient (Wildman–Crippen LogP) is 3.65. The summed E-state index contributed by atoms with van der Waals surface area (Å²) in [7, 11) is 4.16. The van der Waals surface area contributed by atoms with Gasteiger partial charge in [0.15, 0.2) is 0 Å². The van der Waals surface area contributed by atoms with Crippen LogP contribution >= 0.6 is 15.9 Å². The van der Waals surface area contributed by atoms with Gasteiger partial charge >= 0.3 is 0 Å². The first-order valence-corrected chi connectivity index (χ1v) is 8.10. The number of para-hydroxylation sites is 1. The van der Waals surface area contributed by atoms with Crippen LogP contribution in [0.5, 0.6) is 0 Å². The first-order chi connectivity index (χ1) is 10.5. The van der Waals surface area contributed by atoms with Crippen molar-refractivity contribution in [3.8, 4) is 0 Å². The van der Waals surface area contributed by atoms with Gasteiger partial charge in [-0.3, -0.25) is 0 Å². The van der Waals surface area contributed by atoms with Crippen LogP contribution in [0.4, 0.5) is 17.3 Å². The Labute approximate surface area is 140 Å². The molecule has 1 aromatic heterocycles. The standard InChI is InChI=1S/C16H22BrN5/c1-12-19-15(18-9-6-10-22(2)3)11-16(20-12)21-14-8-5-4-7-13(14)17/h4-5,7-8,11H,6,9-10H2,1-3H3,(H2,18,19,20,21). The van der Waals surface area contributed by atoms with E-state index in [1.54, 1.807) is 0 Å². The van der Waals surface area contributed by atoms with Gasteiger partial charge in [-0.1, -0.05) is 12.1 Å². The second kappa shape index (κ2) is 8.10. The molecule has 0 fully saturated rings. The summed E-state index contributed by atoms with van der Waals surface area (Å²) in [6, 6.07) is 9.91. The Hall–Kier alpha value is -1.66. The number of anilines is 3. The molecule has 2 N–H and O–H groups in total. The molecule has 0 radical (unpaired) electrons. The fourth-order valence-electron chi connectivity index (χ4n) is 2.03. The van der Waals surface area contributed by atoms with Crippen molar-refractivity contribution in [1.82, 2.24) is 14.9 Å². The molecule has 22 heavy (non-hydrogen) atoms. The van der Waals surface area contributed by atoms with E-state index in [2.05, 4.69) is 55.5 Å². The van der Waals surface area contributed by atoms with E-state index in [-0.39, 0.29) is 0 Å². The smallest absolute Gasteiger partial charge is 0.136 e. The van der Waals surface area contributed by atoms with Crippen LogP contribution in [-0.4, -0.2) is 42.1 Å². The third-order valence-electron chi connectivity index (χ3n) is 3.06. The number of nitrogens with zero attached hydrogens (tertiary/aromatic N) is 3. The average Bonchev–Trinajstić information content (AvgIpc) is 2.45. The van der Waals surface area contributed by atoms with E-state index in [0.717, 1.165) is 47.1 Å². The molecule has 0 aliphatic carbocycles. The maximum absolute atomic E-state index is 4.44. The van der Waals surface area contributed by atoms with Crippen molar-refractivity contribution in [2.24, 2.45) is 0 Å². The zero-order chi connectivity index (χ0) is 15.9. The molecule has 1 aromatic carbocycles. The van der Waals surface area contributed by atoms with Gasteiger partial charge in [0, 0.05) is 17.1 Å². The maximum Gasteiger partial charge on any atom is 0.136 e. The molecule has 2 aromatic rings. The van der Waals surface area contributed by atoms with E-state index >= 15 is 0 Å². The maximum atomic E-state index is 4.44. The molecule has 0 spiro atoms. The molecular formula is C16H22BrN5. The van der Waals surface area contributed by atoms with Crippen molar-refractivity contribution >= 4 is 33.3 Å². The van der Waals surface area contributed by atoms with E-state index < -0.39 is 0 Å². The largest absolute Gasteiger partial charge is 0.370 e. The summed E-state index contributed by atoms with van der Waals surface area (Å²) in [5.74, 6) is 2.38. The molecule has 0 saturated heterocycles. The van der Waals surface area contributed by atoms with E-state index in [9.17, 15) is 0 Å². The lowest BCUT2D eigenvalue weighted by atomic mass is 10.3.